The van der Waals surface area contributed by atoms with Crippen molar-refractivity contribution in [2.75, 3.05) is 26.0 Å². The molecule has 5 heteroatoms. The van der Waals surface area contributed by atoms with Crippen molar-refractivity contribution >= 4 is 23.3 Å². The van der Waals surface area contributed by atoms with Crippen LogP contribution in [0.2, 0.25) is 5.02 Å². The normalized spacial score (nSPS) is 12.6. The average Bonchev–Trinajstić information content (AvgIpc) is 2.30. The predicted molar refractivity (Wildman–Crippen MR) is 85.4 cm³/mol. The molecule has 0 aliphatic rings. The van der Waals surface area contributed by atoms with Crippen molar-refractivity contribution in [3.63, 3.8) is 0 Å². The van der Waals surface area contributed by atoms with Crippen LogP contribution in [0, 0.1) is 5.92 Å². The van der Waals surface area contributed by atoms with Gasteiger partial charge in [-0.25, -0.2) is 4.79 Å². The van der Waals surface area contributed by atoms with Gasteiger partial charge in [0.2, 0.25) is 0 Å². The topological polar surface area (TPSA) is 44.4 Å². The number of nitrogens with zero attached hydrogens (tertiary/aromatic N) is 1. The Morgan fingerprint density at radius 2 is 1.85 bits per heavy atom. The lowest BCUT2D eigenvalue weighted by molar-refractivity contribution is 0.240. The second-order valence-corrected chi connectivity index (χ2v) is 6.13. The van der Waals surface area contributed by atoms with Crippen LogP contribution in [0.3, 0.4) is 0 Å². The fourth-order valence-electron chi connectivity index (χ4n) is 2.07. The van der Waals surface area contributed by atoms with E-state index in [4.69, 9.17) is 11.6 Å². The summed E-state index contributed by atoms with van der Waals surface area (Å²) in [7, 11) is 4.01. The number of rotatable bonds is 6. The zero-order valence-corrected chi connectivity index (χ0v) is 13.4. The van der Waals surface area contributed by atoms with E-state index >= 15 is 0 Å². The molecule has 20 heavy (non-hydrogen) atoms. The average molecular weight is 298 g/mol. The maximum absolute atomic E-state index is 12.0. The Morgan fingerprint density at radius 1 is 1.25 bits per heavy atom. The van der Waals surface area contributed by atoms with Crippen LogP contribution in [0.25, 0.3) is 0 Å². The van der Waals surface area contributed by atoms with E-state index in [0.29, 0.717) is 10.9 Å². The van der Waals surface area contributed by atoms with Crippen LogP contribution in [0.4, 0.5) is 10.5 Å². The molecule has 0 saturated heterocycles. The fourth-order valence-corrected chi connectivity index (χ4v) is 2.20. The second-order valence-electron chi connectivity index (χ2n) is 5.69. The maximum Gasteiger partial charge on any atom is 0.319 e. The molecule has 0 aliphatic carbocycles. The Hall–Kier alpha value is -1.26. The molecule has 0 fully saturated rings. The number of benzene rings is 1. The minimum absolute atomic E-state index is 0.136. The van der Waals surface area contributed by atoms with E-state index in [1.807, 2.05) is 14.1 Å². The molecule has 1 atom stereocenters. The van der Waals surface area contributed by atoms with Crippen LogP contribution >= 0.6 is 11.6 Å². The molecule has 0 aliphatic heterocycles. The van der Waals surface area contributed by atoms with E-state index in [1.54, 1.807) is 24.3 Å². The smallest absolute Gasteiger partial charge is 0.319 e. The van der Waals surface area contributed by atoms with Crippen molar-refractivity contribution in [2.45, 2.75) is 26.3 Å². The maximum atomic E-state index is 12.0. The van der Waals surface area contributed by atoms with Crippen LogP contribution in [-0.4, -0.2) is 37.6 Å². The van der Waals surface area contributed by atoms with E-state index in [0.717, 1.165) is 18.7 Å². The molecule has 2 N–H and O–H groups in total. The molecule has 0 radical (unpaired) electrons. The first-order chi connectivity index (χ1) is 9.36. The number of nitrogens with one attached hydrogen (secondary N) is 2. The molecule has 4 nitrogen and oxygen atoms in total. The van der Waals surface area contributed by atoms with Crippen LogP contribution in [0.5, 0.6) is 0 Å². The quantitative estimate of drug-likeness (QED) is 0.845. The number of hydrogen-bond donors (Lipinski definition) is 2. The number of hydrogen-bond acceptors (Lipinski definition) is 2. The Labute approximate surface area is 126 Å². The third-order valence-electron chi connectivity index (χ3n) is 2.78. The summed E-state index contributed by atoms with van der Waals surface area (Å²) in [4.78, 5) is 14.1. The van der Waals surface area contributed by atoms with E-state index in [9.17, 15) is 4.79 Å². The zero-order chi connectivity index (χ0) is 15.1. The lowest BCUT2D eigenvalue weighted by atomic mass is 10.0. The summed E-state index contributed by atoms with van der Waals surface area (Å²) in [5.41, 5.74) is 0.736. The Morgan fingerprint density at radius 3 is 2.35 bits per heavy atom. The lowest BCUT2D eigenvalue weighted by Crippen LogP contribution is -2.44. The summed E-state index contributed by atoms with van der Waals surface area (Å²) in [6.07, 6.45) is 0.951. The molecule has 0 heterocycles. The van der Waals surface area contributed by atoms with Crippen LogP contribution in [0.1, 0.15) is 20.3 Å². The molecule has 2 amide bonds. The Bertz CT molecular complexity index is 408. The van der Waals surface area contributed by atoms with Gasteiger partial charge in [-0.05, 0) is 50.7 Å². The van der Waals surface area contributed by atoms with E-state index in [2.05, 4.69) is 29.4 Å². The molecule has 0 bridgehead atoms. The highest BCUT2D eigenvalue weighted by molar-refractivity contribution is 6.30. The summed E-state index contributed by atoms with van der Waals surface area (Å²) in [6.45, 7) is 5.13. The Balaban J connectivity index is 2.54. The van der Waals surface area contributed by atoms with Gasteiger partial charge < -0.3 is 15.5 Å². The first-order valence-electron chi connectivity index (χ1n) is 6.84. The first kappa shape index (κ1) is 16.8. The van der Waals surface area contributed by atoms with Gasteiger partial charge in [-0.15, -0.1) is 0 Å². The fraction of sp³-hybridized carbons (Fsp3) is 0.533. The van der Waals surface area contributed by atoms with Crippen LogP contribution in [0.15, 0.2) is 24.3 Å². The van der Waals surface area contributed by atoms with Gasteiger partial charge in [0.1, 0.15) is 0 Å². The molecule has 0 aromatic heterocycles. The predicted octanol–water partition coefficient (Wildman–Crippen LogP) is 3.44. The third-order valence-corrected chi connectivity index (χ3v) is 3.03. The van der Waals surface area contributed by atoms with Gasteiger partial charge in [-0.3, -0.25) is 0 Å². The highest BCUT2D eigenvalue weighted by Gasteiger charge is 2.14. The molecule has 0 saturated carbocycles. The third kappa shape index (κ3) is 6.78. The number of urea groups is 1. The Kier molecular flexibility index (Phi) is 6.82. The summed E-state index contributed by atoms with van der Waals surface area (Å²) in [5.74, 6) is 0.538. The lowest BCUT2D eigenvalue weighted by Gasteiger charge is -2.24. The van der Waals surface area contributed by atoms with Crippen LogP contribution < -0.4 is 10.6 Å². The summed E-state index contributed by atoms with van der Waals surface area (Å²) in [6, 6.07) is 7.03. The molecule has 112 valence electrons. The molecular weight excluding hydrogens is 274 g/mol. The molecule has 1 aromatic rings. The number of likely N-dealkylation sites (N-methyl/N-ethyl adjacent to an activating group) is 1. The summed E-state index contributed by atoms with van der Waals surface area (Å²) < 4.78 is 0. The van der Waals surface area contributed by atoms with Crippen molar-refractivity contribution in [1.29, 1.82) is 0 Å². The minimum Gasteiger partial charge on any atom is -0.334 e. The van der Waals surface area contributed by atoms with Crippen molar-refractivity contribution < 1.29 is 4.79 Å². The van der Waals surface area contributed by atoms with E-state index < -0.39 is 0 Å². The zero-order valence-electron chi connectivity index (χ0n) is 12.6. The monoisotopic (exact) mass is 297 g/mol. The molecule has 0 unspecified atom stereocenters. The van der Waals surface area contributed by atoms with Crippen molar-refractivity contribution in [1.82, 2.24) is 10.2 Å². The van der Waals surface area contributed by atoms with Crippen molar-refractivity contribution in [3.8, 4) is 0 Å². The van der Waals surface area contributed by atoms with E-state index in [-0.39, 0.29) is 12.1 Å². The largest absolute Gasteiger partial charge is 0.334 e. The van der Waals surface area contributed by atoms with Crippen molar-refractivity contribution in [3.05, 3.63) is 29.3 Å². The number of anilines is 1. The summed E-state index contributed by atoms with van der Waals surface area (Å²) in [5, 5.41) is 6.49. The van der Waals surface area contributed by atoms with Gasteiger partial charge in [0.05, 0.1) is 0 Å². The highest BCUT2D eigenvalue weighted by Crippen LogP contribution is 2.13. The van der Waals surface area contributed by atoms with Gasteiger partial charge in [0.15, 0.2) is 0 Å². The molecule has 0 spiro atoms. The van der Waals surface area contributed by atoms with E-state index in [1.165, 1.54) is 0 Å². The molecular formula is C15H24ClN3O. The van der Waals surface area contributed by atoms with Gasteiger partial charge in [-0.2, -0.15) is 0 Å². The van der Waals surface area contributed by atoms with Gasteiger partial charge in [-0.1, -0.05) is 25.4 Å². The first-order valence-corrected chi connectivity index (χ1v) is 7.22. The highest BCUT2D eigenvalue weighted by atomic mass is 35.5. The number of halogens is 1. The van der Waals surface area contributed by atoms with Crippen molar-refractivity contribution in [2.24, 2.45) is 5.92 Å². The molecule has 1 rings (SSSR count). The van der Waals surface area contributed by atoms with Gasteiger partial charge >= 0.3 is 6.03 Å². The number of carbonyl (C=O) groups is 1. The molecule has 1 aromatic carbocycles. The SMILES string of the molecule is CC(C)C[C@H](CN(C)C)NC(=O)Nc1ccc(Cl)cc1. The van der Waals surface area contributed by atoms with Gasteiger partial charge in [0, 0.05) is 23.3 Å². The standard InChI is InChI=1S/C15H24ClN3O/c1-11(2)9-14(10-19(3)4)18-15(20)17-13-7-5-12(16)6-8-13/h5-8,11,14H,9-10H2,1-4H3,(H2,17,18,20)/t14-/m1/s1. The second kappa shape index (κ2) is 8.12. The van der Waals surface area contributed by atoms with Crippen LogP contribution in [-0.2, 0) is 0 Å². The number of carbonyl (C=O) groups excluding carboxylic acids is 1. The van der Waals surface area contributed by atoms with Gasteiger partial charge in [0.25, 0.3) is 0 Å². The minimum atomic E-state index is -0.181. The number of amides is 2. The summed E-state index contributed by atoms with van der Waals surface area (Å²) >= 11 is 5.81.